The van der Waals surface area contributed by atoms with Crippen LogP contribution in [-0.2, 0) is 31.4 Å². The lowest BCUT2D eigenvalue weighted by atomic mass is 10.1. The first-order valence-corrected chi connectivity index (χ1v) is 8.95. The van der Waals surface area contributed by atoms with Crippen molar-refractivity contribution in [2.45, 2.75) is 26.4 Å². The van der Waals surface area contributed by atoms with Gasteiger partial charge in [0.25, 0.3) is 0 Å². The molecule has 0 unspecified atom stereocenters. The summed E-state index contributed by atoms with van der Waals surface area (Å²) < 4.78 is 2.07. The van der Waals surface area contributed by atoms with Gasteiger partial charge in [0.1, 0.15) is 0 Å². The third-order valence-electron chi connectivity index (χ3n) is 4.12. The van der Waals surface area contributed by atoms with E-state index in [0.717, 1.165) is 11.3 Å². The van der Waals surface area contributed by atoms with Crippen molar-refractivity contribution in [1.82, 2.24) is 9.47 Å². The molecule has 0 radical (unpaired) electrons. The maximum absolute atomic E-state index is 12.9. The second-order valence-corrected chi connectivity index (χ2v) is 7.14. The van der Waals surface area contributed by atoms with Crippen LogP contribution >= 0.6 is 11.3 Å². The van der Waals surface area contributed by atoms with Gasteiger partial charge in [-0.25, -0.2) is 0 Å². The second kappa shape index (κ2) is 7.49. The van der Waals surface area contributed by atoms with E-state index in [1.807, 2.05) is 42.4 Å². The summed E-state index contributed by atoms with van der Waals surface area (Å²) in [6.07, 6.45) is 2.46. The molecular weight excluding hydrogens is 316 g/mol. The molecule has 0 fully saturated rings. The number of thiophene rings is 1. The molecule has 0 aliphatic rings. The van der Waals surface area contributed by atoms with Crippen LogP contribution in [-0.4, -0.2) is 15.4 Å². The molecule has 0 spiro atoms. The van der Waals surface area contributed by atoms with Crippen molar-refractivity contribution in [2.24, 2.45) is 7.05 Å². The molecule has 3 aromatic rings. The molecule has 1 amide bonds. The molecule has 1 aromatic carbocycles. The molecule has 0 aliphatic carbocycles. The first kappa shape index (κ1) is 16.5. The highest BCUT2D eigenvalue weighted by Gasteiger charge is 2.17. The normalized spacial score (nSPS) is 10.8. The van der Waals surface area contributed by atoms with Gasteiger partial charge in [0.05, 0.1) is 19.5 Å². The van der Waals surface area contributed by atoms with E-state index in [0.29, 0.717) is 19.5 Å². The van der Waals surface area contributed by atoms with Gasteiger partial charge in [0.2, 0.25) is 5.91 Å². The summed E-state index contributed by atoms with van der Waals surface area (Å²) in [5, 5.41) is 2.06. The van der Waals surface area contributed by atoms with Gasteiger partial charge >= 0.3 is 0 Å². The Morgan fingerprint density at radius 2 is 2.00 bits per heavy atom. The Hall–Kier alpha value is -2.33. The summed E-state index contributed by atoms with van der Waals surface area (Å²) in [4.78, 5) is 16.1. The van der Waals surface area contributed by atoms with E-state index in [4.69, 9.17) is 0 Å². The van der Waals surface area contributed by atoms with Crippen molar-refractivity contribution >= 4 is 17.2 Å². The van der Waals surface area contributed by atoms with Crippen molar-refractivity contribution in [1.29, 1.82) is 0 Å². The van der Waals surface area contributed by atoms with Crippen molar-refractivity contribution in [2.75, 3.05) is 0 Å². The minimum Gasteiger partial charge on any atom is -0.353 e. The van der Waals surface area contributed by atoms with Gasteiger partial charge in [-0.1, -0.05) is 35.9 Å². The van der Waals surface area contributed by atoms with Gasteiger partial charge in [-0.3, -0.25) is 4.79 Å². The number of carbonyl (C=O) groups is 1. The van der Waals surface area contributed by atoms with Gasteiger partial charge in [-0.15, -0.1) is 11.3 Å². The number of aromatic nitrogens is 1. The molecule has 4 heteroatoms. The van der Waals surface area contributed by atoms with E-state index in [1.165, 1.54) is 10.4 Å². The number of amides is 1. The zero-order valence-corrected chi connectivity index (χ0v) is 14.9. The molecule has 3 rings (SSSR count). The van der Waals surface area contributed by atoms with Gasteiger partial charge in [0.15, 0.2) is 0 Å². The van der Waals surface area contributed by atoms with Crippen molar-refractivity contribution < 1.29 is 4.79 Å². The Bertz CT molecular complexity index is 805. The van der Waals surface area contributed by atoms with Gasteiger partial charge in [-0.2, -0.15) is 0 Å². The van der Waals surface area contributed by atoms with E-state index in [1.54, 1.807) is 11.3 Å². The first-order valence-electron chi connectivity index (χ1n) is 8.08. The lowest BCUT2D eigenvalue weighted by molar-refractivity contribution is -0.131. The Kier molecular flexibility index (Phi) is 5.16. The van der Waals surface area contributed by atoms with Gasteiger partial charge in [-0.05, 0) is 36.1 Å². The third-order valence-corrected chi connectivity index (χ3v) is 4.98. The fraction of sp³-hybridized carbons (Fsp3) is 0.250. The molecule has 0 N–H and O–H groups in total. The van der Waals surface area contributed by atoms with Crippen molar-refractivity contribution in [3.05, 3.63) is 81.8 Å². The molecule has 124 valence electrons. The highest BCUT2D eigenvalue weighted by Crippen LogP contribution is 2.16. The number of nitrogens with zero attached hydrogens (tertiary/aromatic N) is 2. The summed E-state index contributed by atoms with van der Waals surface area (Å²) in [5.41, 5.74) is 3.40. The second-order valence-electron chi connectivity index (χ2n) is 6.11. The van der Waals surface area contributed by atoms with Crippen LogP contribution in [0.25, 0.3) is 0 Å². The highest BCUT2D eigenvalue weighted by molar-refractivity contribution is 7.09. The summed E-state index contributed by atoms with van der Waals surface area (Å²) >= 11 is 1.69. The van der Waals surface area contributed by atoms with E-state index in [-0.39, 0.29) is 5.91 Å². The summed E-state index contributed by atoms with van der Waals surface area (Å²) in [7, 11) is 2.02. The number of hydrogen-bond acceptors (Lipinski definition) is 2. The van der Waals surface area contributed by atoms with Crippen LogP contribution in [0.2, 0.25) is 0 Å². The molecule has 0 saturated heterocycles. The Balaban J connectivity index is 1.77. The maximum atomic E-state index is 12.9. The lowest BCUT2D eigenvalue weighted by Gasteiger charge is -2.23. The van der Waals surface area contributed by atoms with Crippen LogP contribution in [0.3, 0.4) is 0 Å². The number of rotatable bonds is 6. The van der Waals surface area contributed by atoms with Crippen molar-refractivity contribution in [3.63, 3.8) is 0 Å². The third kappa shape index (κ3) is 4.15. The minimum atomic E-state index is 0.162. The largest absolute Gasteiger partial charge is 0.353 e. The molecular formula is C20H22N2OS. The van der Waals surface area contributed by atoms with E-state index in [9.17, 15) is 4.79 Å². The molecule has 0 aliphatic heterocycles. The molecule has 24 heavy (non-hydrogen) atoms. The van der Waals surface area contributed by atoms with Gasteiger partial charge in [0, 0.05) is 23.8 Å². The Labute approximate surface area is 147 Å². The molecule has 0 atom stereocenters. The number of benzene rings is 1. The number of hydrogen-bond donors (Lipinski definition) is 0. The fourth-order valence-corrected chi connectivity index (χ4v) is 3.51. The standard InChI is InChI=1S/C20H22N2OS/c1-16-6-3-7-17(12-16)13-20(23)22(15-19-9-5-11-24-19)14-18-8-4-10-21(18)2/h3-12H,13-15H2,1-2H3. The smallest absolute Gasteiger partial charge is 0.227 e. The SMILES string of the molecule is Cc1cccc(CC(=O)N(Cc2cccs2)Cc2cccn2C)c1. The molecule has 0 saturated carbocycles. The van der Waals surface area contributed by atoms with E-state index in [2.05, 4.69) is 41.1 Å². The van der Waals surface area contributed by atoms with E-state index >= 15 is 0 Å². The van der Waals surface area contributed by atoms with Crippen LogP contribution < -0.4 is 0 Å². The monoisotopic (exact) mass is 338 g/mol. The van der Waals surface area contributed by atoms with Crippen LogP contribution in [0.15, 0.2) is 60.1 Å². The van der Waals surface area contributed by atoms with Crippen LogP contribution in [0.4, 0.5) is 0 Å². The van der Waals surface area contributed by atoms with Crippen LogP contribution in [0, 0.1) is 6.92 Å². The zero-order chi connectivity index (χ0) is 16.9. The highest BCUT2D eigenvalue weighted by atomic mass is 32.1. The van der Waals surface area contributed by atoms with Crippen LogP contribution in [0.1, 0.15) is 21.7 Å². The predicted octanol–water partition coefficient (Wildman–Crippen LogP) is 4.17. The minimum absolute atomic E-state index is 0.162. The Morgan fingerprint density at radius 3 is 2.67 bits per heavy atom. The predicted molar refractivity (Wildman–Crippen MR) is 98.9 cm³/mol. The van der Waals surface area contributed by atoms with Crippen molar-refractivity contribution in [3.8, 4) is 0 Å². The maximum Gasteiger partial charge on any atom is 0.227 e. The summed E-state index contributed by atoms with van der Waals surface area (Å²) in [5.74, 6) is 0.162. The fourth-order valence-electron chi connectivity index (χ4n) is 2.79. The van der Waals surface area contributed by atoms with Gasteiger partial charge < -0.3 is 9.47 Å². The zero-order valence-electron chi connectivity index (χ0n) is 14.1. The molecule has 0 bridgehead atoms. The van der Waals surface area contributed by atoms with Crippen LogP contribution in [0.5, 0.6) is 0 Å². The summed E-state index contributed by atoms with van der Waals surface area (Å²) in [6, 6.07) is 16.4. The molecule has 2 aromatic heterocycles. The van der Waals surface area contributed by atoms with E-state index < -0.39 is 0 Å². The molecule has 2 heterocycles. The number of carbonyl (C=O) groups excluding carboxylic acids is 1. The quantitative estimate of drug-likeness (QED) is 0.662. The average molecular weight is 338 g/mol. The molecule has 3 nitrogen and oxygen atoms in total. The first-order chi connectivity index (χ1) is 11.6. The Morgan fingerprint density at radius 1 is 1.12 bits per heavy atom. The average Bonchev–Trinajstić information content (AvgIpc) is 3.19. The summed E-state index contributed by atoms with van der Waals surface area (Å²) in [6.45, 7) is 3.35. The lowest BCUT2D eigenvalue weighted by Crippen LogP contribution is -2.31. The topological polar surface area (TPSA) is 25.2 Å². The number of aryl methyl sites for hydroxylation is 2.